The van der Waals surface area contributed by atoms with Gasteiger partial charge in [-0.25, -0.2) is 8.42 Å². The fourth-order valence-electron chi connectivity index (χ4n) is 3.21. The molecule has 10 heteroatoms. The molecule has 33 heavy (non-hydrogen) atoms. The lowest BCUT2D eigenvalue weighted by molar-refractivity contribution is -0.136. The number of hydrogen-bond donors (Lipinski definition) is 2. The summed E-state index contributed by atoms with van der Waals surface area (Å²) in [4.78, 5) is 12.5. The molecule has 2 N–H and O–H groups in total. The highest BCUT2D eigenvalue weighted by molar-refractivity contribution is 7.92. The lowest BCUT2D eigenvalue weighted by Crippen LogP contribution is -2.19. The van der Waals surface area contributed by atoms with Crippen molar-refractivity contribution in [2.24, 2.45) is 0 Å². The van der Waals surface area contributed by atoms with Crippen LogP contribution in [0.25, 0.3) is 0 Å². The summed E-state index contributed by atoms with van der Waals surface area (Å²) in [6.45, 7) is 5.19. The zero-order valence-electron chi connectivity index (χ0n) is 17.8. The van der Waals surface area contributed by atoms with E-state index in [2.05, 4.69) is 10.0 Å². The molecular formula is C23H20ClF3N2O3S. The number of rotatable bonds is 5. The van der Waals surface area contributed by atoms with Gasteiger partial charge in [-0.1, -0.05) is 35.4 Å². The normalized spacial score (nSPS) is 11.8. The standard InChI is InChI=1S/C23H20ClF3N2O3S/c1-13-4-8-19(15(3)10-13)29-33(31,32)21-11-16(6-5-14(21)2)22(30)28-20-9-7-17(24)12-18(20)23(25,26)27/h4-12,29H,1-3H3,(H,28,30). The molecule has 3 aromatic carbocycles. The maximum Gasteiger partial charge on any atom is 0.418 e. The maximum absolute atomic E-state index is 13.3. The Balaban J connectivity index is 1.94. The molecule has 0 spiro atoms. The first-order valence-electron chi connectivity index (χ1n) is 9.67. The molecule has 3 aromatic rings. The number of carbonyl (C=O) groups is 1. The van der Waals surface area contributed by atoms with Crippen LogP contribution in [0.1, 0.15) is 32.6 Å². The van der Waals surface area contributed by atoms with Crippen LogP contribution in [0.5, 0.6) is 0 Å². The first-order chi connectivity index (χ1) is 15.3. The van der Waals surface area contributed by atoms with E-state index in [4.69, 9.17) is 11.6 Å². The summed E-state index contributed by atoms with van der Waals surface area (Å²) in [6.07, 6.45) is -4.74. The molecule has 0 bridgehead atoms. The van der Waals surface area contributed by atoms with Crippen molar-refractivity contribution in [3.8, 4) is 0 Å². The molecular weight excluding hydrogens is 477 g/mol. The van der Waals surface area contributed by atoms with Gasteiger partial charge in [0, 0.05) is 10.6 Å². The second kappa shape index (κ2) is 9.07. The molecule has 0 aliphatic rings. The van der Waals surface area contributed by atoms with E-state index in [9.17, 15) is 26.4 Å². The van der Waals surface area contributed by atoms with Crippen molar-refractivity contribution in [2.45, 2.75) is 31.8 Å². The summed E-state index contributed by atoms with van der Waals surface area (Å²) >= 11 is 5.66. The second-order valence-corrected chi connectivity index (χ2v) is 9.63. The van der Waals surface area contributed by atoms with E-state index in [1.54, 1.807) is 26.0 Å². The molecule has 1 amide bonds. The van der Waals surface area contributed by atoms with Crippen molar-refractivity contribution in [1.82, 2.24) is 0 Å². The number of nitrogens with one attached hydrogen (secondary N) is 2. The van der Waals surface area contributed by atoms with E-state index < -0.39 is 33.4 Å². The molecule has 5 nitrogen and oxygen atoms in total. The number of sulfonamides is 1. The van der Waals surface area contributed by atoms with Crippen molar-refractivity contribution in [1.29, 1.82) is 0 Å². The summed E-state index contributed by atoms with van der Waals surface area (Å²) in [5, 5.41) is 2.05. The average molecular weight is 497 g/mol. The van der Waals surface area contributed by atoms with Gasteiger partial charge < -0.3 is 5.32 Å². The monoisotopic (exact) mass is 496 g/mol. The topological polar surface area (TPSA) is 75.3 Å². The van der Waals surface area contributed by atoms with Gasteiger partial charge >= 0.3 is 6.18 Å². The Morgan fingerprint density at radius 3 is 2.18 bits per heavy atom. The third kappa shape index (κ3) is 5.66. The predicted octanol–water partition coefficient (Wildman–Crippen LogP) is 6.34. The number of aryl methyl sites for hydroxylation is 3. The van der Waals surface area contributed by atoms with Gasteiger partial charge in [0.1, 0.15) is 0 Å². The highest BCUT2D eigenvalue weighted by Crippen LogP contribution is 2.36. The number of hydrogen-bond acceptors (Lipinski definition) is 3. The molecule has 0 atom stereocenters. The highest BCUT2D eigenvalue weighted by Gasteiger charge is 2.34. The Kier molecular flexibility index (Phi) is 6.76. The number of amides is 1. The Morgan fingerprint density at radius 1 is 0.879 bits per heavy atom. The Morgan fingerprint density at radius 2 is 1.55 bits per heavy atom. The minimum Gasteiger partial charge on any atom is -0.321 e. The van der Waals surface area contributed by atoms with Crippen LogP contribution in [0, 0.1) is 20.8 Å². The molecule has 0 aliphatic carbocycles. The van der Waals surface area contributed by atoms with Crippen LogP contribution in [0.2, 0.25) is 5.02 Å². The zero-order chi connectivity index (χ0) is 24.6. The molecule has 0 saturated heterocycles. The van der Waals surface area contributed by atoms with E-state index in [1.807, 2.05) is 13.0 Å². The average Bonchev–Trinajstić information content (AvgIpc) is 2.70. The second-order valence-electron chi connectivity index (χ2n) is 7.55. The van der Waals surface area contributed by atoms with Crippen molar-refractivity contribution in [2.75, 3.05) is 10.0 Å². The SMILES string of the molecule is Cc1ccc(NS(=O)(=O)c2cc(C(=O)Nc3ccc(Cl)cc3C(F)(F)F)ccc2C)c(C)c1. The molecule has 0 unspecified atom stereocenters. The Bertz CT molecular complexity index is 1340. The van der Waals surface area contributed by atoms with E-state index in [0.717, 1.165) is 17.7 Å². The van der Waals surface area contributed by atoms with Crippen molar-refractivity contribution in [3.05, 3.63) is 87.4 Å². The smallest absolute Gasteiger partial charge is 0.321 e. The summed E-state index contributed by atoms with van der Waals surface area (Å²) in [7, 11) is -4.07. The highest BCUT2D eigenvalue weighted by atomic mass is 35.5. The van der Waals surface area contributed by atoms with Gasteiger partial charge in [-0.15, -0.1) is 0 Å². The number of halogens is 4. The van der Waals surface area contributed by atoms with E-state index in [0.29, 0.717) is 22.9 Å². The van der Waals surface area contributed by atoms with Crippen molar-refractivity contribution in [3.63, 3.8) is 0 Å². The first kappa shape index (κ1) is 24.6. The number of alkyl halides is 3. The van der Waals surface area contributed by atoms with Crippen molar-refractivity contribution >= 4 is 38.9 Å². The zero-order valence-corrected chi connectivity index (χ0v) is 19.4. The minimum absolute atomic E-state index is 0.121. The third-order valence-electron chi connectivity index (χ3n) is 4.90. The van der Waals surface area contributed by atoms with Crippen LogP contribution in [0.3, 0.4) is 0 Å². The fourth-order valence-corrected chi connectivity index (χ4v) is 4.79. The molecule has 174 valence electrons. The first-order valence-corrected chi connectivity index (χ1v) is 11.5. The molecule has 0 saturated carbocycles. The van der Waals surface area contributed by atoms with Gasteiger partial charge in [-0.05, 0) is 68.3 Å². The van der Waals surface area contributed by atoms with Gasteiger partial charge in [0.25, 0.3) is 15.9 Å². The number of carbonyl (C=O) groups excluding carboxylic acids is 1. The maximum atomic E-state index is 13.3. The largest absolute Gasteiger partial charge is 0.418 e. The third-order valence-corrected chi connectivity index (χ3v) is 6.64. The van der Waals surface area contributed by atoms with Crippen molar-refractivity contribution < 1.29 is 26.4 Å². The quantitative estimate of drug-likeness (QED) is 0.433. The van der Waals surface area contributed by atoms with Crippen LogP contribution >= 0.6 is 11.6 Å². The van der Waals surface area contributed by atoms with Gasteiger partial charge in [0.05, 0.1) is 21.8 Å². The molecule has 3 rings (SSSR count). The molecule has 0 aromatic heterocycles. The van der Waals surface area contributed by atoms with Crippen LogP contribution in [0.15, 0.2) is 59.5 Å². The van der Waals surface area contributed by atoms with E-state index in [1.165, 1.54) is 18.2 Å². The van der Waals surface area contributed by atoms with Crippen LogP contribution < -0.4 is 10.0 Å². The van der Waals surface area contributed by atoms with Crippen LogP contribution in [-0.4, -0.2) is 14.3 Å². The van der Waals surface area contributed by atoms with Crippen LogP contribution in [-0.2, 0) is 16.2 Å². The fraction of sp³-hybridized carbons (Fsp3) is 0.174. The lowest BCUT2D eigenvalue weighted by Gasteiger charge is -2.16. The molecule has 0 fully saturated rings. The Labute approximate surface area is 194 Å². The molecule has 0 radical (unpaired) electrons. The number of benzene rings is 3. The molecule has 0 aliphatic heterocycles. The Hall–Kier alpha value is -3.04. The van der Waals surface area contributed by atoms with Gasteiger partial charge in [0.2, 0.25) is 0 Å². The van der Waals surface area contributed by atoms with Gasteiger partial charge in [-0.2, -0.15) is 13.2 Å². The summed E-state index contributed by atoms with van der Waals surface area (Å²) in [6, 6.07) is 12.0. The van der Waals surface area contributed by atoms with Crippen LogP contribution in [0.4, 0.5) is 24.5 Å². The summed E-state index contributed by atoms with van der Waals surface area (Å²) < 4.78 is 68.5. The summed E-state index contributed by atoms with van der Waals surface area (Å²) in [5.74, 6) is -0.897. The van der Waals surface area contributed by atoms with E-state index in [-0.39, 0.29) is 15.5 Å². The lowest BCUT2D eigenvalue weighted by atomic mass is 10.1. The van der Waals surface area contributed by atoms with Gasteiger partial charge in [0.15, 0.2) is 0 Å². The van der Waals surface area contributed by atoms with E-state index >= 15 is 0 Å². The number of anilines is 2. The minimum atomic E-state index is -4.74. The molecule has 0 heterocycles. The van der Waals surface area contributed by atoms with Gasteiger partial charge in [-0.3, -0.25) is 9.52 Å². The predicted molar refractivity (Wildman–Crippen MR) is 122 cm³/mol. The summed E-state index contributed by atoms with van der Waals surface area (Å²) in [5.41, 5.74) is 0.704.